The van der Waals surface area contributed by atoms with E-state index in [0.717, 1.165) is 21.6 Å². The molecular formula is C30H30FN7O3S. The Kier molecular flexibility index (Phi) is 7.67. The van der Waals surface area contributed by atoms with Crippen molar-refractivity contribution in [2.24, 2.45) is 7.05 Å². The zero-order valence-electron chi connectivity index (χ0n) is 23.0. The molecule has 1 amide bonds. The van der Waals surface area contributed by atoms with E-state index in [9.17, 15) is 19.1 Å². The number of nitrogens with zero attached hydrogens (tertiary/aromatic N) is 6. The predicted octanol–water partition coefficient (Wildman–Crippen LogP) is 3.33. The van der Waals surface area contributed by atoms with Gasteiger partial charge < -0.3 is 10.4 Å². The van der Waals surface area contributed by atoms with Gasteiger partial charge in [-0.2, -0.15) is 5.10 Å². The zero-order chi connectivity index (χ0) is 29.3. The van der Waals surface area contributed by atoms with Crippen LogP contribution in [0, 0.1) is 5.82 Å². The Morgan fingerprint density at radius 1 is 1.12 bits per heavy atom. The molecule has 1 fully saturated rings. The summed E-state index contributed by atoms with van der Waals surface area (Å²) in [5.41, 5.74) is 4.97. The van der Waals surface area contributed by atoms with E-state index in [1.54, 1.807) is 29.5 Å². The molecule has 0 unspecified atom stereocenters. The molecule has 0 atom stereocenters. The number of hydrogen-bond donors (Lipinski definition) is 2. The Bertz CT molecular complexity index is 1780. The van der Waals surface area contributed by atoms with E-state index in [0.29, 0.717) is 62.2 Å². The van der Waals surface area contributed by atoms with Gasteiger partial charge in [0.2, 0.25) is 6.41 Å². The van der Waals surface area contributed by atoms with Crippen molar-refractivity contribution in [2.45, 2.75) is 38.1 Å². The number of nitrogens with one attached hydrogen (secondary N) is 1. The summed E-state index contributed by atoms with van der Waals surface area (Å²) in [6.45, 7) is 2.12. The lowest BCUT2D eigenvalue weighted by Gasteiger charge is -2.38. The van der Waals surface area contributed by atoms with E-state index in [4.69, 9.17) is 0 Å². The van der Waals surface area contributed by atoms with Gasteiger partial charge in [-0.15, -0.1) is 11.3 Å². The van der Waals surface area contributed by atoms with Crippen molar-refractivity contribution in [3.63, 3.8) is 0 Å². The van der Waals surface area contributed by atoms with Crippen LogP contribution in [0.25, 0.3) is 32.7 Å². The first kappa shape index (κ1) is 27.9. The molecule has 4 heterocycles. The van der Waals surface area contributed by atoms with Crippen molar-refractivity contribution in [3.8, 4) is 21.7 Å². The number of piperidine rings is 1. The summed E-state index contributed by atoms with van der Waals surface area (Å²) < 4.78 is 17.9. The second kappa shape index (κ2) is 11.6. The third-order valence-electron chi connectivity index (χ3n) is 7.84. The Balaban J connectivity index is 1.13. The predicted molar refractivity (Wildman–Crippen MR) is 158 cm³/mol. The summed E-state index contributed by atoms with van der Waals surface area (Å²) in [6, 6.07) is 12.9. The highest BCUT2D eigenvalue weighted by atomic mass is 32.1. The fraction of sp³-hybridized carbons (Fsp3) is 0.300. The van der Waals surface area contributed by atoms with Gasteiger partial charge in [-0.05, 0) is 30.0 Å². The summed E-state index contributed by atoms with van der Waals surface area (Å²) in [4.78, 5) is 35.6. The van der Waals surface area contributed by atoms with Crippen molar-refractivity contribution in [2.75, 3.05) is 13.1 Å². The maximum atomic E-state index is 14.9. The van der Waals surface area contributed by atoms with Crippen LogP contribution in [0.2, 0.25) is 0 Å². The largest absolute Gasteiger partial charge is 0.388 e. The highest BCUT2D eigenvalue weighted by Crippen LogP contribution is 2.29. The normalized spacial score (nSPS) is 15.2. The molecule has 1 saturated heterocycles. The Morgan fingerprint density at radius 2 is 1.88 bits per heavy atom. The van der Waals surface area contributed by atoms with E-state index in [1.165, 1.54) is 22.2 Å². The summed E-state index contributed by atoms with van der Waals surface area (Å²) >= 11 is 1.47. The Labute approximate surface area is 245 Å². The second-order valence-electron chi connectivity index (χ2n) is 10.7. The van der Waals surface area contributed by atoms with Gasteiger partial charge in [0.1, 0.15) is 11.3 Å². The van der Waals surface area contributed by atoms with Gasteiger partial charge in [0.05, 0.1) is 34.6 Å². The molecule has 2 N–H and O–H groups in total. The summed E-state index contributed by atoms with van der Waals surface area (Å²) in [7, 11) is 1.77. The van der Waals surface area contributed by atoms with Crippen LogP contribution in [-0.2, 0) is 31.5 Å². The maximum absolute atomic E-state index is 14.9. The van der Waals surface area contributed by atoms with Crippen LogP contribution < -0.4 is 10.9 Å². The van der Waals surface area contributed by atoms with Gasteiger partial charge in [0.15, 0.2) is 5.52 Å². The number of likely N-dealkylation sites (tertiary alicyclic amines) is 1. The van der Waals surface area contributed by atoms with Crippen LogP contribution in [0.5, 0.6) is 0 Å². The quantitative estimate of drug-likeness (QED) is 0.254. The number of carbonyl (C=O) groups is 1. The molecule has 6 rings (SSSR count). The first-order valence-electron chi connectivity index (χ1n) is 13.6. The van der Waals surface area contributed by atoms with Gasteiger partial charge in [-0.25, -0.2) is 9.37 Å². The molecule has 1 aliphatic heterocycles. The fourth-order valence-corrected chi connectivity index (χ4v) is 6.12. The molecule has 10 nitrogen and oxygen atoms in total. The third kappa shape index (κ3) is 5.60. The summed E-state index contributed by atoms with van der Waals surface area (Å²) in [5.74, 6) is -0.256. The Morgan fingerprint density at radius 3 is 2.57 bits per heavy atom. The number of amides is 1. The highest BCUT2D eigenvalue weighted by Gasteiger charge is 2.33. The van der Waals surface area contributed by atoms with Crippen LogP contribution >= 0.6 is 11.3 Å². The molecule has 2 aromatic carbocycles. The third-order valence-corrected chi connectivity index (χ3v) is 8.67. The first-order chi connectivity index (χ1) is 20.3. The molecule has 1 aliphatic rings. The highest BCUT2D eigenvalue weighted by molar-refractivity contribution is 7.13. The van der Waals surface area contributed by atoms with Crippen molar-refractivity contribution >= 4 is 28.8 Å². The number of carbonyl (C=O) groups excluding carboxylic acids is 1. The van der Waals surface area contributed by atoms with Crippen LogP contribution in [-0.4, -0.2) is 59.4 Å². The summed E-state index contributed by atoms with van der Waals surface area (Å²) in [5, 5.41) is 18.5. The van der Waals surface area contributed by atoms with E-state index in [-0.39, 0.29) is 23.4 Å². The van der Waals surface area contributed by atoms with Gasteiger partial charge in [-0.1, -0.05) is 36.4 Å². The van der Waals surface area contributed by atoms with E-state index < -0.39 is 5.60 Å². The molecule has 0 bridgehead atoms. The molecule has 0 radical (unpaired) electrons. The average molecular weight is 588 g/mol. The van der Waals surface area contributed by atoms with Crippen molar-refractivity contribution < 1.29 is 14.3 Å². The molecule has 5 aromatic rings. The number of fused-ring (bicyclic) bond motifs is 1. The monoisotopic (exact) mass is 587 g/mol. The molecular weight excluding hydrogens is 557 g/mol. The van der Waals surface area contributed by atoms with Crippen molar-refractivity contribution in [3.05, 3.63) is 87.8 Å². The van der Waals surface area contributed by atoms with Gasteiger partial charge >= 0.3 is 0 Å². The zero-order valence-corrected chi connectivity index (χ0v) is 23.9. The lowest BCUT2D eigenvalue weighted by molar-refractivity contribution is -0.109. The van der Waals surface area contributed by atoms with Crippen LogP contribution in [0.1, 0.15) is 24.0 Å². The minimum absolute atomic E-state index is 0.102. The number of aromatic nitrogens is 5. The molecule has 0 saturated carbocycles. The van der Waals surface area contributed by atoms with Gasteiger partial charge in [0.25, 0.3) is 5.56 Å². The Hall–Kier alpha value is -4.26. The van der Waals surface area contributed by atoms with E-state index in [2.05, 4.69) is 25.3 Å². The lowest BCUT2D eigenvalue weighted by atomic mass is 9.91. The van der Waals surface area contributed by atoms with Crippen LogP contribution in [0.15, 0.2) is 65.3 Å². The minimum atomic E-state index is -1.09. The van der Waals surface area contributed by atoms with Crippen LogP contribution in [0.4, 0.5) is 4.39 Å². The van der Waals surface area contributed by atoms with Crippen molar-refractivity contribution in [1.29, 1.82) is 0 Å². The lowest BCUT2D eigenvalue weighted by Crippen LogP contribution is -2.47. The SMILES string of the molecule is Cn1nc2c(=O)n(CC3(O)CCN(Cc4ccc(-c5cncs5)cc4F)CC3)cnc2c1-c1ccc(CNC=O)cc1. The molecule has 3 aromatic heterocycles. The molecule has 12 heteroatoms. The van der Waals surface area contributed by atoms with Gasteiger partial charge in [0, 0.05) is 50.6 Å². The number of aliphatic hydroxyl groups is 1. The maximum Gasteiger partial charge on any atom is 0.281 e. The smallest absolute Gasteiger partial charge is 0.281 e. The number of thiazole rings is 1. The van der Waals surface area contributed by atoms with Crippen molar-refractivity contribution in [1.82, 2.24) is 34.5 Å². The van der Waals surface area contributed by atoms with E-state index >= 15 is 0 Å². The number of halogens is 1. The number of aryl methyl sites for hydroxylation is 1. The average Bonchev–Trinajstić information content (AvgIpc) is 3.65. The van der Waals surface area contributed by atoms with E-state index in [1.807, 2.05) is 36.4 Å². The number of rotatable bonds is 9. The van der Waals surface area contributed by atoms with Gasteiger partial charge in [-0.3, -0.25) is 28.7 Å². The number of benzene rings is 2. The molecule has 0 spiro atoms. The molecule has 42 heavy (non-hydrogen) atoms. The second-order valence-corrected chi connectivity index (χ2v) is 11.6. The standard InChI is InChI=1S/C30H30FN7O3S/c1-36-28(21-4-2-20(3-5-21)13-32-18-39)26-27(35-36)29(40)38(17-34-26)16-30(41)8-10-37(11-9-30)15-23-7-6-22(12-24(23)31)25-14-33-19-42-25/h2-7,12,14,17-19,41H,8-11,13,15-16H2,1H3,(H,32,39). The minimum Gasteiger partial charge on any atom is -0.388 e. The topological polar surface area (TPSA) is 118 Å². The summed E-state index contributed by atoms with van der Waals surface area (Å²) in [6.07, 6.45) is 4.74. The fourth-order valence-electron chi connectivity index (χ4n) is 5.50. The molecule has 216 valence electrons. The first-order valence-corrected chi connectivity index (χ1v) is 14.5. The van der Waals surface area contributed by atoms with Crippen LogP contribution in [0.3, 0.4) is 0 Å². The molecule has 0 aliphatic carbocycles. The number of hydrogen-bond acceptors (Lipinski definition) is 8.